The minimum Gasteiger partial charge on any atom is -0.367 e. The molecule has 0 aliphatic carbocycles. The van der Waals surface area contributed by atoms with E-state index in [9.17, 15) is 27.2 Å². The number of carbonyl (C=O) groups excluding carboxylic acids is 2. The van der Waals surface area contributed by atoms with Crippen molar-refractivity contribution < 1.29 is 31.9 Å². The molecule has 34 heavy (non-hydrogen) atoms. The number of aromatic nitrogens is 2. The van der Waals surface area contributed by atoms with E-state index in [4.69, 9.17) is 4.74 Å². The van der Waals surface area contributed by atoms with Crippen molar-refractivity contribution in [3.8, 4) is 16.9 Å². The minimum absolute atomic E-state index is 0.0727. The van der Waals surface area contributed by atoms with Crippen LogP contribution in [0.1, 0.15) is 12.0 Å². The number of anilines is 1. The van der Waals surface area contributed by atoms with Gasteiger partial charge in [0, 0.05) is 24.6 Å². The van der Waals surface area contributed by atoms with Gasteiger partial charge in [-0.3, -0.25) is 9.59 Å². The number of rotatable bonds is 7. The maximum Gasteiger partial charge on any atom is 0.411 e. The largest absolute Gasteiger partial charge is 0.411 e. The van der Waals surface area contributed by atoms with E-state index in [0.717, 1.165) is 0 Å². The number of nitrogens with zero attached hydrogens (tertiary/aromatic N) is 2. The number of benzene rings is 2. The number of hydrogen-bond acceptors (Lipinski definition) is 4. The molecule has 1 fully saturated rings. The molecule has 1 atom stereocenters. The average Bonchev–Trinajstić information content (AvgIpc) is 3.40. The van der Waals surface area contributed by atoms with Crippen molar-refractivity contribution in [3.63, 3.8) is 0 Å². The second-order valence-corrected chi connectivity index (χ2v) is 7.81. The quantitative estimate of drug-likeness (QED) is 0.508. The Morgan fingerprint density at radius 2 is 1.97 bits per heavy atom. The third-order valence-corrected chi connectivity index (χ3v) is 5.12. The second kappa shape index (κ2) is 9.64. The molecule has 178 valence electrons. The lowest BCUT2D eigenvalue weighted by atomic mass is 10.1. The zero-order valence-corrected chi connectivity index (χ0v) is 17.7. The van der Waals surface area contributed by atoms with Gasteiger partial charge >= 0.3 is 6.18 Å². The van der Waals surface area contributed by atoms with Gasteiger partial charge in [0.15, 0.2) is 5.82 Å². The summed E-state index contributed by atoms with van der Waals surface area (Å²) in [7, 11) is 0. The smallest absolute Gasteiger partial charge is 0.367 e. The van der Waals surface area contributed by atoms with E-state index in [2.05, 4.69) is 15.7 Å². The van der Waals surface area contributed by atoms with Gasteiger partial charge in [0.1, 0.15) is 12.4 Å². The van der Waals surface area contributed by atoms with Crippen LogP contribution in [0.3, 0.4) is 0 Å². The number of amides is 2. The fourth-order valence-electron chi connectivity index (χ4n) is 3.58. The number of carbonyl (C=O) groups is 2. The molecule has 0 saturated carbocycles. The van der Waals surface area contributed by atoms with Crippen LogP contribution in [0.25, 0.3) is 16.9 Å². The second-order valence-electron chi connectivity index (χ2n) is 7.81. The molecule has 1 aliphatic rings. The minimum atomic E-state index is -4.43. The van der Waals surface area contributed by atoms with E-state index < -0.39 is 24.5 Å². The van der Waals surface area contributed by atoms with Gasteiger partial charge in [-0.2, -0.15) is 13.2 Å². The molecule has 0 bridgehead atoms. The Morgan fingerprint density at radius 1 is 1.18 bits per heavy atom. The maximum atomic E-state index is 13.9. The Bertz CT molecular complexity index is 1210. The summed E-state index contributed by atoms with van der Waals surface area (Å²) in [6.45, 7) is -1.40. The summed E-state index contributed by atoms with van der Waals surface area (Å²) < 4.78 is 57.2. The number of nitrogens with one attached hydrogen (secondary N) is 2. The lowest BCUT2D eigenvalue weighted by Crippen LogP contribution is -2.24. The number of halogens is 4. The first-order chi connectivity index (χ1) is 16.2. The predicted octanol–water partition coefficient (Wildman–Crippen LogP) is 3.83. The summed E-state index contributed by atoms with van der Waals surface area (Å²) in [6.07, 6.45) is -4.36. The Kier molecular flexibility index (Phi) is 6.64. The molecule has 4 rings (SSSR count). The van der Waals surface area contributed by atoms with Crippen molar-refractivity contribution in [2.45, 2.75) is 19.2 Å². The lowest BCUT2D eigenvalue weighted by molar-refractivity contribution is -0.176. The molecule has 0 spiro atoms. The molecule has 1 saturated heterocycles. The molecule has 1 aromatic heterocycles. The van der Waals surface area contributed by atoms with E-state index in [1.54, 1.807) is 36.4 Å². The van der Waals surface area contributed by atoms with Gasteiger partial charge < -0.3 is 15.4 Å². The molecule has 1 aliphatic heterocycles. The fourth-order valence-corrected chi connectivity index (χ4v) is 3.58. The number of ether oxygens (including phenoxy) is 1. The summed E-state index contributed by atoms with van der Waals surface area (Å²) >= 11 is 0. The Hall–Kier alpha value is -3.73. The zero-order valence-electron chi connectivity index (χ0n) is 17.7. The first kappa shape index (κ1) is 23.4. The van der Waals surface area contributed by atoms with Gasteiger partial charge in [-0.05, 0) is 29.8 Å². The van der Waals surface area contributed by atoms with Gasteiger partial charge in [0.25, 0.3) is 0 Å². The topological polar surface area (TPSA) is 85.2 Å². The molecular formula is C23H20F4N4O3. The summed E-state index contributed by atoms with van der Waals surface area (Å²) in [6, 6.07) is 13.9. The molecule has 2 amide bonds. The highest BCUT2D eigenvalue weighted by molar-refractivity contribution is 5.97. The highest BCUT2D eigenvalue weighted by Crippen LogP contribution is 2.28. The Balaban J connectivity index is 1.63. The Morgan fingerprint density at radius 3 is 2.68 bits per heavy atom. The van der Waals surface area contributed by atoms with Crippen LogP contribution in [0, 0.1) is 11.7 Å². The number of alkyl halides is 3. The molecule has 3 aromatic rings. The molecule has 0 unspecified atom stereocenters. The first-order valence-corrected chi connectivity index (χ1v) is 10.4. The fraction of sp³-hybridized carbons (Fsp3) is 0.261. The summed E-state index contributed by atoms with van der Waals surface area (Å²) in [4.78, 5) is 24.0. The van der Waals surface area contributed by atoms with Crippen molar-refractivity contribution >= 4 is 17.6 Å². The van der Waals surface area contributed by atoms with Crippen LogP contribution in [0.2, 0.25) is 0 Å². The van der Waals surface area contributed by atoms with Crippen LogP contribution in [0.5, 0.6) is 0 Å². The summed E-state index contributed by atoms with van der Waals surface area (Å²) in [5.41, 5.74) is 1.92. The van der Waals surface area contributed by atoms with Gasteiger partial charge in [-0.1, -0.05) is 24.3 Å². The van der Waals surface area contributed by atoms with Gasteiger partial charge in [-0.25, -0.2) is 9.07 Å². The van der Waals surface area contributed by atoms with Gasteiger partial charge in [0.2, 0.25) is 11.8 Å². The van der Waals surface area contributed by atoms with E-state index in [1.807, 2.05) is 0 Å². The van der Waals surface area contributed by atoms with E-state index >= 15 is 0 Å². The summed E-state index contributed by atoms with van der Waals surface area (Å²) in [5.74, 6) is -1.44. The third kappa shape index (κ3) is 5.79. The van der Waals surface area contributed by atoms with E-state index in [-0.39, 0.29) is 37.2 Å². The van der Waals surface area contributed by atoms with Crippen molar-refractivity contribution in [1.82, 2.24) is 15.1 Å². The van der Waals surface area contributed by atoms with Crippen LogP contribution < -0.4 is 10.6 Å². The summed E-state index contributed by atoms with van der Waals surface area (Å²) in [5, 5.41) is 9.66. The normalized spacial score (nSPS) is 15.9. The van der Waals surface area contributed by atoms with Crippen molar-refractivity contribution in [2.24, 2.45) is 5.92 Å². The predicted molar refractivity (Wildman–Crippen MR) is 114 cm³/mol. The van der Waals surface area contributed by atoms with Gasteiger partial charge in [-0.15, -0.1) is 5.10 Å². The molecule has 11 heteroatoms. The van der Waals surface area contributed by atoms with Crippen molar-refractivity contribution in [1.29, 1.82) is 0 Å². The molecule has 2 aromatic carbocycles. The SMILES string of the molecule is O=C1C[C@H](C(=O)Nc2cc(-c3cccc(COCC(F)(F)F)c3)n(-c3cccc(F)c3)n2)CN1. The number of hydrogen-bond donors (Lipinski definition) is 2. The van der Waals surface area contributed by atoms with Crippen molar-refractivity contribution in [3.05, 3.63) is 66.0 Å². The first-order valence-electron chi connectivity index (χ1n) is 10.4. The maximum absolute atomic E-state index is 13.9. The molecular weight excluding hydrogens is 456 g/mol. The lowest BCUT2D eigenvalue weighted by Gasteiger charge is -2.10. The molecule has 2 heterocycles. The third-order valence-electron chi connectivity index (χ3n) is 5.12. The highest BCUT2D eigenvalue weighted by atomic mass is 19.4. The van der Waals surface area contributed by atoms with Crippen LogP contribution >= 0.6 is 0 Å². The van der Waals surface area contributed by atoms with Crippen LogP contribution in [0.4, 0.5) is 23.4 Å². The molecule has 0 radical (unpaired) electrons. The standard InChI is InChI=1S/C23H20F4N4O3/c24-17-5-2-6-18(9-17)31-19(10-20(30-31)29-22(33)16-8-21(32)28-11-16)15-4-1-3-14(7-15)12-34-13-23(25,26)27/h1-7,9-10,16H,8,11-13H2,(H,28,32)(H,29,30,33)/t16-/m0/s1. The van der Waals surface area contributed by atoms with Crippen LogP contribution in [0.15, 0.2) is 54.6 Å². The molecule has 2 N–H and O–H groups in total. The average molecular weight is 476 g/mol. The van der Waals surface area contributed by atoms with Crippen molar-refractivity contribution in [2.75, 3.05) is 18.5 Å². The highest BCUT2D eigenvalue weighted by Gasteiger charge is 2.29. The molecule has 7 nitrogen and oxygen atoms in total. The van der Waals surface area contributed by atoms with E-state index in [1.165, 1.54) is 22.9 Å². The van der Waals surface area contributed by atoms with Crippen LogP contribution in [-0.2, 0) is 20.9 Å². The monoisotopic (exact) mass is 476 g/mol. The Labute approximate surface area is 191 Å². The van der Waals surface area contributed by atoms with Crippen LogP contribution in [-0.4, -0.2) is 40.9 Å². The van der Waals surface area contributed by atoms with Gasteiger partial charge in [0.05, 0.1) is 23.9 Å². The van der Waals surface area contributed by atoms with E-state index in [0.29, 0.717) is 22.5 Å². The zero-order chi connectivity index (χ0) is 24.3.